The maximum Gasteiger partial charge on any atom is 0.232 e. The first-order valence-electron chi connectivity index (χ1n) is 8.47. The Labute approximate surface area is 159 Å². The number of hydrogen-bond donors (Lipinski definition) is 0. The number of amides is 1. The van der Waals surface area contributed by atoms with Gasteiger partial charge in [0.15, 0.2) is 11.5 Å². The zero-order valence-corrected chi connectivity index (χ0v) is 14.8. The van der Waals surface area contributed by atoms with Crippen LogP contribution in [-0.2, 0) is 4.79 Å². The number of nitrogens with zero attached hydrogens (tertiary/aromatic N) is 3. The molecule has 7 nitrogen and oxygen atoms in total. The molecule has 1 aromatic heterocycles. The quantitative estimate of drug-likeness (QED) is 0.687. The molecule has 0 unspecified atom stereocenters. The summed E-state index contributed by atoms with van der Waals surface area (Å²) >= 11 is 6.19. The SMILES string of the molecule is O=C1C[C@@H](c2nc(-c3ccccc3Cl)no2)CN1c1ccc2c(c1)OCO2. The Morgan fingerprint density at radius 3 is 2.85 bits per heavy atom. The van der Waals surface area contributed by atoms with Gasteiger partial charge in [-0.3, -0.25) is 4.79 Å². The molecule has 136 valence electrons. The van der Waals surface area contributed by atoms with E-state index in [1.54, 1.807) is 17.0 Å². The molecule has 1 fully saturated rings. The number of halogens is 1. The predicted molar refractivity (Wildman–Crippen MR) is 97.0 cm³/mol. The van der Waals surface area contributed by atoms with E-state index in [1.807, 2.05) is 30.3 Å². The van der Waals surface area contributed by atoms with Crippen molar-refractivity contribution in [3.63, 3.8) is 0 Å². The van der Waals surface area contributed by atoms with E-state index >= 15 is 0 Å². The van der Waals surface area contributed by atoms with Crippen LogP contribution in [0, 0.1) is 0 Å². The number of ether oxygens (including phenoxy) is 2. The summed E-state index contributed by atoms with van der Waals surface area (Å²) in [6.45, 7) is 0.658. The Morgan fingerprint density at radius 2 is 1.96 bits per heavy atom. The van der Waals surface area contributed by atoms with Crippen LogP contribution in [-0.4, -0.2) is 29.4 Å². The fourth-order valence-electron chi connectivity index (χ4n) is 3.33. The van der Waals surface area contributed by atoms with Crippen LogP contribution in [0.3, 0.4) is 0 Å². The van der Waals surface area contributed by atoms with Gasteiger partial charge in [0, 0.05) is 30.3 Å². The van der Waals surface area contributed by atoms with Gasteiger partial charge in [-0.2, -0.15) is 4.98 Å². The first kappa shape index (κ1) is 16.1. The molecule has 0 bridgehead atoms. The lowest BCUT2D eigenvalue weighted by molar-refractivity contribution is -0.117. The van der Waals surface area contributed by atoms with Crippen molar-refractivity contribution in [1.82, 2.24) is 10.1 Å². The average molecular weight is 384 g/mol. The monoisotopic (exact) mass is 383 g/mol. The Kier molecular flexibility index (Phi) is 3.75. The zero-order chi connectivity index (χ0) is 18.4. The topological polar surface area (TPSA) is 77.7 Å². The van der Waals surface area contributed by atoms with Gasteiger partial charge in [0.25, 0.3) is 0 Å². The summed E-state index contributed by atoms with van der Waals surface area (Å²) in [5.41, 5.74) is 1.46. The molecule has 2 aliphatic rings. The molecular formula is C19H14ClN3O4. The van der Waals surface area contributed by atoms with Gasteiger partial charge < -0.3 is 18.9 Å². The predicted octanol–water partition coefficient (Wildman–Crippen LogP) is 3.64. The maximum absolute atomic E-state index is 12.5. The molecule has 0 radical (unpaired) electrons. The molecule has 0 aliphatic carbocycles. The number of benzene rings is 2. The maximum atomic E-state index is 12.5. The Morgan fingerprint density at radius 1 is 1.11 bits per heavy atom. The summed E-state index contributed by atoms with van der Waals surface area (Å²) in [6.07, 6.45) is 0.304. The molecule has 3 aromatic rings. The van der Waals surface area contributed by atoms with Crippen LogP contribution in [0.2, 0.25) is 5.02 Å². The third-order valence-corrected chi connectivity index (χ3v) is 5.03. The van der Waals surface area contributed by atoms with Crippen molar-refractivity contribution in [2.24, 2.45) is 0 Å². The van der Waals surface area contributed by atoms with Crippen LogP contribution in [0.15, 0.2) is 47.0 Å². The van der Waals surface area contributed by atoms with Crippen molar-refractivity contribution in [3.05, 3.63) is 53.4 Å². The molecule has 0 N–H and O–H groups in total. The van der Waals surface area contributed by atoms with Crippen molar-refractivity contribution < 1.29 is 18.8 Å². The van der Waals surface area contributed by atoms with E-state index in [-0.39, 0.29) is 18.6 Å². The second-order valence-corrected chi connectivity index (χ2v) is 6.79. The van der Waals surface area contributed by atoms with Crippen LogP contribution >= 0.6 is 11.6 Å². The third kappa shape index (κ3) is 2.80. The first-order chi connectivity index (χ1) is 13.2. The lowest BCUT2D eigenvalue weighted by Crippen LogP contribution is -2.24. The zero-order valence-electron chi connectivity index (χ0n) is 14.1. The van der Waals surface area contributed by atoms with Gasteiger partial charge in [-0.15, -0.1) is 0 Å². The van der Waals surface area contributed by atoms with Gasteiger partial charge in [0.05, 0.1) is 10.9 Å². The van der Waals surface area contributed by atoms with Gasteiger partial charge in [-0.1, -0.05) is 28.9 Å². The lowest BCUT2D eigenvalue weighted by atomic mass is 10.1. The van der Waals surface area contributed by atoms with Gasteiger partial charge in [-0.25, -0.2) is 0 Å². The van der Waals surface area contributed by atoms with Crippen molar-refractivity contribution in [2.75, 3.05) is 18.2 Å². The molecule has 1 atom stereocenters. The van der Waals surface area contributed by atoms with Crippen molar-refractivity contribution in [2.45, 2.75) is 12.3 Å². The minimum absolute atomic E-state index is 0.00337. The van der Waals surface area contributed by atoms with Crippen LogP contribution < -0.4 is 14.4 Å². The number of anilines is 1. The summed E-state index contributed by atoms with van der Waals surface area (Å²) in [6, 6.07) is 12.8. The molecule has 1 amide bonds. The molecule has 1 saturated heterocycles. The fourth-order valence-corrected chi connectivity index (χ4v) is 3.55. The number of carbonyl (C=O) groups is 1. The Hall–Kier alpha value is -3.06. The van der Waals surface area contributed by atoms with Crippen LogP contribution in [0.5, 0.6) is 11.5 Å². The fraction of sp³-hybridized carbons (Fsp3) is 0.211. The minimum atomic E-state index is -0.174. The van der Waals surface area contributed by atoms with Crippen LogP contribution in [0.25, 0.3) is 11.4 Å². The average Bonchev–Trinajstić information content (AvgIpc) is 3.40. The van der Waals surface area contributed by atoms with E-state index in [0.29, 0.717) is 46.8 Å². The van der Waals surface area contributed by atoms with Gasteiger partial charge in [0.1, 0.15) is 0 Å². The largest absolute Gasteiger partial charge is 0.454 e. The molecule has 8 heteroatoms. The van der Waals surface area contributed by atoms with Crippen LogP contribution in [0.4, 0.5) is 5.69 Å². The highest BCUT2D eigenvalue weighted by Crippen LogP contribution is 2.38. The summed E-state index contributed by atoms with van der Waals surface area (Å²) in [4.78, 5) is 18.7. The van der Waals surface area contributed by atoms with Gasteiger partial charge >= 0.3 is 0 Å². The Bertz CT molecular complexity index is 1040. The molecule has 3 heterocycles. The van der Waals surface area contributed by atoms with E-state index in [4.69, 9.17) is 25.6 Å². The standard InChI is InChI=1S/C19H14ClN3O4/c20-14-4-2-1-3-13(14)18-21-19(27-22-18)11-7-17(24)23(9-11)12-5-6-15-16(8-12)26-10-25-15/h1-6,8,11H,7,9-10H2/t11-/m1/s1. The van der Waals surface area contributed by atoms with Crippen molar-refractivity contribution in [3.8, 4) is 22.9 Å². The third-order valence-electron chi connectivity index (χ3n) is 4.70. The van der Waals surface area contributed by atoms with Crippen molar-refractivity contribution in [1.29, 1.82) is 0 Å². The van der Waals surface area contributed by atoms with E-state index in [2.05, 4.69) is 10.1 Å². The summed E-state index contributed by atoms with van der Waals surface area (Å²) < 4.78 is 16.1. The molecular weight excluding hydrogens is 370 g/mol. The molecule has 27 heavy (non-hydrogen) atoms. The molecule has 2 aliphatic heterocycles. The number of aromatic nitrogens is 2. The summed E-state index contributed by atoms with van der Waals surface area (Å²) in [5.74, 6) is 2.00. The number of fused-ring (bicyclic) bond motifs is 1. The highest BCUT2D eigenvalue weighted by atomic mass is 35.5. The van der Waals surface area contributed by atoms with E-state index < -0.39 is 0 Å². The van der Waals surface area contributed by atoms with Gasteiger partial charge in [-0.05, 0) is 24.3 Å². The van der Waals surface area contributed by atoms with Crippen molar-refractivity contribution >= 4 is 23.2 Å². The number of hydrogen-bond acceptors (Lipinski definition) is 6. The summed E-state index contributed by atoms with van der Waals surface area (Å²) in [7, 11) is 0. The molecule has 5 rings (SSSR count). The number of rotatable bonds is 3. The van der Waals surface area contributed by atoms with E-state index in [9.17, 15) is 4.79 Å². The van der Waals surface area contributed by atoms with E-state index in [1.165, 1.54) is 0 Å². The lowest BCUT2D eigenvalue weighted by Gasteiger charge is -2.16. The second-order valence-electron chi connectivity index (χ2n) is 6.38. The van der Waals surface area contributed by atoms with Gasteiger partial charge in [0.2, 0.25) is 24.4 Å². The molecule has 0 spiro atoms. The summed E-state index contributed by atoms with van der Waals surface area (Å²) in [5, 5.41) is 4.58. The smallest absolute Gasteiger partial charge is 0.232 e. The Balaban J connectivity index is 1.39. The second kappa shape index (κ2) is 6.28. The minimum Gasteiger partial charge on any atom is -0.454 e. The highest BCUT2D eigenvalue weighted by molar-refractivity contribution is 6.33. The molecule has 2 aromatic carbocycles. The first-order valence-corrected chi connectivity index (χ1v) is 8.85. The normalized spacial score (nSPS) is 18.3. The number of carbonyl (C=O) groups excluding carboxylic acids is 1. The molecule has 0 saturated carbocycles. The van der Waals surface area contributed by atoms with E-state index in [0.717, 1.165) is 5.69 Å². The highest BCUT2D eigenvalue weighted by Gasteiger charge is 2.35. The van der Waals surface area contributed by atoms with Crippen LogP contribution in [0.1, 0.15) is 18.2 Å².